The molecule has 140 valence electrons. The van der Waals surface area contributed by atoms with Crippen molar-refractivity contribution < 1.29 is 17.6 Å². The first-order valence-corrected chi connectivity index (χ1v) is 10.2. The molecule has 0 bridgehead atoms. The molecule has 0 aliphatic heterocycles. The van der Waals surface area contributed by atoms with Gasteiger partial charge in [-0.1, -0.05) is 44.2 Å². The predicted molar refractivity (Wildman–Crippen MR) is 101 cm³/mol. The number of halogens is 1. The monoisotopic (exact) mass is 378 g/mol. The standard InChI is InChI=1S/C19H23FN2O3S/c1-14(2)15-8-5-7-11-18(15)22(26(3,24)25)13-12-21-19(23)16-9-4-6-10-17(16)20/h4-11,14H,12-13H2,1-3H3,(H,21,23). The van der Waals surface area contributed by atoms with Gasteiger partial charge in [-0.05, 0) is 29.7 Å². The molecule has 0 heterocycles. The molecule has 7 heteroatoms. The molecule has 0 aromatic heterocycles. The van der Waals surface area contributed by atoms with E-state index < -0.39 is 21.7 Å². The van der Waals surface area contributed by atoms with Gasteiger partial charge < -0.3 is 5.32 Å². The summed E-state index contributed by atoms with van der Waals surface area (Å²) in [5.41, 5.74) is 1.42. The highest BCUT2D eigenvalue weighted by atomic mass is 32.2. The molecule has 2 aromatic rings. The quantitative estimate of drug-likeness (QED) is 0.805. The van der Waals surface area contributed by atoms with Crippen LogP contribution in [0.2, 0.25) is 0 Å². The summed E-state index contributed by atoms with van der Waals surface area (Å²) in [6.45, 7) is 4.09. The Bertz CT molecular complexity index is 882. The van der Waals surface area contributed by atoms with Crippen LogP contribution in [0, 0.1) is 5.82 Å². The van der Waals surface area contributed by atoms with Gasteiger partial charge in [0.2, 0.25) is 10.0 Å². The molecule has 1 N–H and O–H groups in total. The van der Waals surface area contributed by atoms with E-state index in [1.54, 1.807) is 18.2 Å². The smallest absolute Gasteiger partial charge is 0.254 e. The number of sulfonamides is 1. The van der Waals surface area contributed by atoms with Gasteiger partial charge >= 0.3 is 0 Å². The van der Waals surface area contributed by atoms with Crippen molar-refractivity contribution >= 4 is 21.6 Å². The summed E-state index contributed by atoms with van der Waals surface area (Å²) in [4.78, 5) is 12.1. The SMILES string of the molecule is CC(C)c1ccccc1N(CCNC(=O)c1ccccc1F)S(C)(=O)=O. The molecule has 26 heavy (non-hydrogen) atoms. The van der Waals surface area contributed by atoms with Gasteiger partial charge in [0, 0.05) is 6.54 Å². The number of nitrogens with one attached hydrogen (secondary N) is 1. The normalized spacial score (nSPS) is 11.4. The van der Waals surface area contributed by atoms with Crippen LogP contribution >= 0.6 is 0 Å². The fourth-order valence-corrected chi connectivity index (χ4v) is 3.63. The van der Waals surface area contributed by atoms with E-state index in [-0.39, 0.29) is 24.6 Å². The van der Waals surface area contributed by atoms with Gasteiger partial charge in [0.1, 0.15) is 5.82 Å². The van der Waals surface area contributed by atoms with Crippen molar-refractivity contribution in [3.63, 3.8) is 0 Å². The molecule has 0 unspecified atom stereocenters. The number of carbonyl (C=O) groups is 1. The number of hydrogen-bond donors (Lipinski definition) is 1. The Labute approximate surface area is 153 Å². The maximum atomic E-state index is 13.7. The summed E-state index contributed by atoms with van der Waals surface area (Å²) < 4.78 is 39.4. The topological polar surface area (TPSA) is 66.5 Å². The highest BCUT2D eigenvalue weighted by Gasteiger charge is 2.21. The van der Waals surface area contributed by atoms with Crippen LogP contribution in [0.4, 0.5) is 10.1 Å². The highest BCUT2D eigenvalue weighted by molar-refractivity contribution is 7.92. The maximum absolute atomic E-state index is 13.7. The van der Waals surface area contributed by atoms with Gasteiger partial charge in [-0.25, -0.2) is 12.8 Å². The molecule has 2 rings (SSSR count). The lowest BCUT2D eigenvalue weighted by molar-refractivity contribution is 0.0951. The molecule has 0 atom stereocenters. The minimum absolute atomic E-state index is 0.0583. The number of para-hydroxylation sites is 1. The van der Waals surface area contributed by atoms with Crippen molar-refractivity contribution in [2.45, 2.75) is 19.8 Å². The highest BCUT2D eigenvalue weighted by Crippen LogP contribution is 2.28. The average Bonchev–Trinajstić information content (AvgIpc) is 2.57. The van der Waals surface area contributed by atoms with E-state index in [0.717, 1.165) is 11.8 Å². The second-order valence-corrected chi connectivity index (χ2v) is 8.19. The summed E-state index contributed by atoms with van der Waals surface area (Å²) >= 11 is 0. The van der Waals surface area contributed by atoms with E-state index in [0.29, 0.717) is 5.69 Å². The average molecular weight is 378 g/mol. The van der Waals surface area contributed by atoms with Crippen molar-refractivity contribution in [1.29, 1.82) is 0 Å². The molecule has 0 aliphatic carbocycles. The number of benzene rings is 2. The summed E-state index contributed by atoms with van der Waals surface area (Å²) in [5, 5.41) is 2.58. The van der Waals surface area contributed by atoms with Crippen LogP contribution in [0.15, 0.2) is 48.5 Å². The summed E-state index contributed by atoms with van der Waals surface area (Å²) in [6, 6.07) is 12.9. The van der Waals surface area contributed by atoms with E-state index in [2.05, 4.69) is 5.32 Å². The second kappa shape index (κ2) is 8.31. The van der Waals surface area contributed by atoms with Crippen molar-refractivity contribution in [2.24, 2.45) is 0 Å². The second-order valence-electron chi connectivity index (χ2n) is 6.28. The van der Waals surface area contributed by atoms with Crippen LogP contribution in [0.3, 0.4) is 0 Å². The fraction of sp³-hybridized carbons (Fsp3) is 0.316. The number of amides is 1. The number of nitrogens with zero attached hydrogens (tertiary/aromatic N) is 1. The Balaban J connectivity index is 2.16. The zero-order valence-electron chi connectivity index (χ0n) is 15.1. The third-order valence-corrected chi connectivity index (χ3v) is 5.13. The number of carbonyl (C=O) groups excluding carboxylic acids is 1. The van der Waals surface area contributed by atoms with Crippen LogP contribution in [0.1, 0.15) is 35.7 Å². The Morgan fingerprint density at radius 1 is 1.12 bits per heavy atom. The summed E-state index contributed by atoms with van der Waals surface area (Å²) in [5.74, 6) is -1.05. The Morgan fingerprint density at radius 3 is 2.35 bits per heavy atom. The summed E-state index contributed by atoms with van der Waals surface area (Å²) in [6.07, 6.45) is 1.13. The van der Waals surface area contributed by atoms with Crippen molar-refractivity contribution in [3.05, 3.63) is 65.5 Å². The third-order valence-electron chi connectivity index (χ3n) is 3.95. The minimum atomic E-state index is -3.54. The lowest BCUT2D eigenvalue weighted by Crippen LogP contribution is -2.38. The molecule has 0 saturated carbocycles. The molecule has 2 aromatic carbocycles. The third kappa shape index (κ3) is 4.82. The zero-order valence-corrected chi connectivity index (χ0v) is 15.9. The van der Waals surface area contributed by atoms with Crippen LogP contribution < -0.4 is 9.62 Å². The van der Waals surface area contributed by atoms with Crippen LogP contribution in [0.5, 0.6) is 0 Å². The Hall–Kier alpha value is -2.41. The number of anilines is 1. The molecule has 0 radical (unpaired) electrons. The van der Waals surface area contributed by atoms with Crippen LogP contribution in [-0.2, 0) is 10.0 Å². The molecular formula is C19H23FN2O3S. The van der Waals surface area contributed by atoms with Crippen LogP contribution in [0.25, 0.3) is 0 Å². The number of rotatable bonds is 7. The van der Waals surface area contributed by atoms with E-state index >= 15 is 0 Å². The Morgan fingerprint density at radius 2 is 1.73 bits per heavy atom. The van der Waals surface area contributed by atoms with Gasteiger partial charge in [-0.15, -0.1) is 0 Å². The minimum Gasteiger partial charge on any atom is -0.350 e. The lowest BCUT2D eigenvalue weighted by Gasteiger charge is -2.26. The van der Waals surface area contributed by atoms with E-state index in [1.165, 1.54) is 22.5 Å². The van der Waals surface area contributed by atoms with Crippen molar-refractivity contribution in [3.8, 4) is 0 Å². The molecule has 5 nitrogen and oxygen atoms in total. The van der Waals surface area contributed by atoms with Gasteiger partial charge in [0.25, 0.3) is 5.91 Å². The molecule has 1 amide bonds. The van der Waals surface area contributed by atoms with Gasteiger partial charge in [-0.2, -0.15) is 0 Å². The molecule has 0 saturated heterocycles. The first-order chi connectivity index (χ1) is 12.2. The number of hydrogen-bond acceptors (Lipinski definition) is 3. The molecule has 0 fully saturated rings. The molecule has 0 aliphatic rings. The Kier molecular flexibility index (Phi) is 6.37. The zero-order chi connectivity index (χ0) is 19.3. The summed E-state index contributed by atoms with van der Waals surface area (Å²) in [7, 11) is -3.54. The van der Waals surface area contributed by atoms with Crippen LogP contribution in [-0.4, -0.2) is 33.7 Å². The van der Waals surface area contributed by atoms with Crippen molar-refractivity contribution in [1.82, 2.24) is 5.32 Å². The van der Waals surface area contributed by atoms with E-state index in [4.69, 9.17) is 0 Å². The van der Waals surface area contributed by atoms with E-state index in [1.807, 2.05) is 26.0 Å². The molecular weight excluding hydrogens is 355 g/mol. The molecule has 0 spiro atoms. The lowest BCUT2D eigenvalue weighted by atomic mass is 10.0. The van der Waals surface area contributed by atoms with E-state index in [9.17, 15) is 17.6 Å². The fourth-order valence-electron chi connectivity index (χ4n) is 2.68. The van der Waals surface area contributed by atoms with Crippen molar-refractivity contribution in [2.75, 3.05) is 23.7 Å². The first-order valence-electron chi connectivity index (χ1n) is 8.31. The van der Waals surface area contributed by atoms with Gasteiger partial charge in [0.15, 0.2) is 0 Å². The predicted octanol–water partition coefficient (Wildman–Crippen LogP) is 3.15. The maximum Gasteiger partial charge on any atom is 0.254 e. The van der Waals surface area contributed by atoms with Gasteiger partial charge in [-0.3, -0.25) is 9.10 Å². The largest absolute Gasteiger partial charge is 0.350 e. The van der Waals surface area contributed by atoms with Gasteiger partial charge in [0.05, 0.1) is 24.1 Å². The first kappa shape index (κ1) is 19.9.